The minimum Gasteiger partial charge on any atom is -0.385 e. The molecule has 1 saturated heterocycles. The molecule has 96 valence electrons. The highest BCUT2D eigenvalue weighted by Crippen LogP contribution is 2.38. The molecule has 0 aromatic rings. The van der Waals surface area contributed by atoms with Gasteiger partial charge in [0.25, 0.3) is 0 Å². The van der Waals surface area contributed by atoms with Crippen LogP contribution in [-0.2, 0) is 9.47 Å². The van der Waals surface area contributed by atoms with Gasteiger partial charge in [-0.1, -0.05) is 6.92 Å². The van der Waals surface area contributed by atoms with E-state index in [9.17, 15) is 0 Å². The van der Waals surface area contributed by atoms with E-state index < -0.39 is 0 Å². The van der Waals surface area contributed by atoms with Crippen molar-refractivity contribution in [2.75, 3.05) is 33.4 Å². The van der Waals surface area contributed by atoms with Crippen molar-refractivity contribution < 1.29 is 9.47 Å². The van der Waals surface area contributed by atoms with Crippen molar-refractivity contribution in [2.45, 2.75) is 45.6 Å². The molecule has 3 nitrogen and oxygen atoms in total. The summed E-state index contributed by atoms with van der Waals surface area (Å²) in [4.78, 5) is 0. The number of hydrogen-bond acceptors (Lipinski definition) is 3. The standard InChI is InChI=1S/C13H27NO2/c1-4-8-14-11-13(6-5-9-15-3)7-10-16-12(13)2/h12,14H,4-11H2,1-3H3. The summed E-state index contributed by atoms with van der Waals surface area (Å²) in [6.07, 6.45) is 5.11. The van der Waals surface area contributed by atoms with Gasteiger partial charge in [0.1, 0.15) is 0 Å². The quantitative estimate of drug-likeness (QED) is 0.647. The maximum Gasteiger partial charge on any atom is 0.0616 e. The van der Waals surface area contributed by atoms with Crippen LogP contribution in [0.5, 0.6) is 0 Å². The molecule has 0 amide bonds. The van der Waals surface area contributed by atoms with Gasteiger partial charge in [0.15, 0.2) is 0 Å². The zero-order valence-electron chi connectivity index (χ0n) is 11.1. The van der Waals surface area contributed by atoms with E-state index >= 15 is 0 Å². The van der Waals surface area contributed by atoms with Gasteiger partial charge in [-0.25, -0.2) is 0 Å². The Kier molecular flexibility index (Phi) is 6.32. The SMILES string of the molecule is CCCNCC1(CCCOC)CCOC1C. The predicted molar refractivity (Wildman–Crippen MR) is 66.7 cm³/mol. The van der Waals surface area contributed by atoms with Crippen LogP contribution in [0.2, 0.25) is 0 Å². The second-order valence-electron chi connectivity index (χ2n) is 4.90. The topological polar surface area (TPSA) is 30.5 Å². The summed E-state index contributed by atoms with van der Waals surface area (Å²) in [5, 5.41) is 3.55. The summed E-state index contributed by atoms with van der Waals surface area (Å²) in [5.41, 5.74) is 0.341. The Morgan fingerprint density at radius 1 is 1.50 bits per heavy atom. The van der Waals surface area contributed by atoms with Gasteiger partial charge in [0.05, 0.1) is 6.10 Å². The van der Waals surface area contributed by atoms with Gasteiger partial charge in [-0.2, -0.15) is 0 Å². The van der Waals surface area contributed by atoms with Crippen LogP contribution in [-0.4, -0.2) is 39.5 Å². The molecule has 0 aliphatic carbocycles. The van der Waals surface area contributed by atoms with Crippen molar-refractivity contribution in [3.05, 3.63) is 0 Å². The van der Waals surface area contributed by atoms with Crippen molar-refractivity contribution in [3.8, 4) is 0 Å². The van der Waals surface area contributed by atoms with E-state index in [0.717, 1.165) is 32.7 Å². The molecule has 1 N–H and O–H groups in total. The Bertz CT molecular complexity index is 175. The molecule has 0 spiro atoms. The Labute approximate surface area is 99.9 Å². The van der Waals surface area contributed by atoms with Gasteiger partial charge in [-0.3, -0.25) is 0 Å². The fourth-order valence-corrected chi connectivity index (χ4v) is 2.55. The van der Waals surface area contributed by atoms with Crippen LogP contribution >= 0.6 is 0 Å². The summed E-state index contributed by atoms with van der Waals surface area (Å²) >= 11 is 0. The summed E-state index contributed by atoms with van der Waals surface area (Å²) in [7, 11) is 1.77. The van der Waals surface area contributed by atoms with Crippen LogP contribution < -0.4 is 5.32 Å². The molecule has 0 bridgehead atoms. The van der Waals surface area contributed by atoms with Gasteiger partial charge in [0.2, 0.25) is 0 Å². The predicted octanol–water partition coefficient (Wildman–Crippen LogP) is 2.21. The first-order valence-corrected chi connectivity index (χ1v) is 6.56. The normalized spacial score (nSPS) is 29.8. The van der Waals surface area contributed by atoms with E-state index in [1.807, 2.05) is 0 Å². The van der Waals surface area contributed by atoms with Crippen molar-refractivity contribution in [3.63, 3.8) is 0 Å². The fraction of sp³-hybridized carbons (Fsp3) is 1.00. The van der Waals surface area contributed by atoms with E-state index in [0.29, 0.717) is 11.5 Å². The summed E-state index contributed by atoms with van der Waals surface area (Å²) < 4.78 is 10.9. The monoisotopic (exact) mass is 229 g/mol. The molecule has 1 rings (SSSR count). The molecule has 0 radical (unpaired) electrons. The third kappa shape index (κ3) is 3.72. The zero-order valence-corrected chi connectivity index (χ0v) is 11.1. The molecular weight excluding hydrogens is 202 g/mol. The Morgan fingerprint density at radius 3 is 2.88 bits per heavy atom. The van der Waals surface area contributed by atoms with Crippen molar-refractivity contribution in [1.29, 1.82) is 0 Å². The van der Waals surface area contributed by atoms with E-state index in [-0.39, 0.29) is 0 Å². The van der Waals surface area contributed by atoms with Gasteiger partial charge < -0.3 is 14.8 Å². The molecule has 2 unspecified atom stereocenters. The number of hydrogen-bond donors (Lipinski definition) is 1. The average molecular weight is 229 g/mol. The highest BCUT2D eigenvalue weighted by Gasteiger charge is 2.40. The lowest BCUT2D eigenvalue weighted by Gasteiger charge is -2.32. The smallest absolute Gasteiger partial charge is 0.0616 e. The maximum atomic E-state index is 5.75. The molecule has 1 aliphatic rings. The first kappa shape index (κ1) is 13.9. The molecule has 3 heteroatoms. The van der Waals surface area contributed by atoms with Crippen LogP contribution in [0.1, 0.15) is 39.5 Å². The molecule has 16 heavy (non-hydrogen) atoms. The van der Waals surface area contributed by atoms with Crippen LogP contribution in [0.15, 0.2) is 0 Å². The molecule has 1 fully saturated rings. The van der Waals surface area contributed by atoms with Crippen molar-refractivity contribution in [1.82, 2.24) is 5.32 Å². The van der Waals surface area contributed by atoms with Crippen molar-refractivity contribution >= 4 is 0 Å². The number of ether oxygens (including phenoxy) is 2. The minimum absolute atomic E-state index is 0.341. The van der Waals surface area contributed by atoms with E-state index in [4.69, 9.17) is 9.47 Å². The van der Waals surface area contributed by atoms with E-state index in [2.05, 4.69) is 19.2 Å². The highest BCUT2D eigenvalue weighted by atomic mass is 16.5. The van der Waals surface area contributed by atoms with Crippen LogP contribution in [0.25, 0.3) is 0 Å². The second-order valence-corrected chi connectivity index (χ2v) is 4.90. The second kappa shape index (κ2) is 7.25. The van der Waals surface area contributed by atoms with Gasteiger partial charge in [-0.15, -0.1) is 0 Å². The lowest BCUT2D eigenvalue weighted by atomic mass is 9.77. The third-order valence-electron chi connectivity index (χ3n) is 3.76. The van der Waals surface area contributed by atoms with Gasteiger partial charge in [-0.05, 0) is 39.2 Å². The van der Waals surface area contributed by atoms with E-state index in [1.54, 1.807) is 7.11 Å². The zero-order chi connectivity index (χ0) is 11.9. The first-order chi connectivity index (χ1) is 7.75. The van der Waals surface area contributed by atoms with E-state index in [1.165, 1.54) is 19.3 Å². The number of rotatable bonds is 8. The Balaban J connectivity index is 2.40. The van der Waals surface area contributed by atoms with Crippen LogP contribution in [0, 0.1) is 5.41 Å². The highest BCUT2D eigenvalue weighted by molar-refractivity contribution is 4.91. The Hall–Kier alpha value is -0.120. The number of methoxy groups -OCH3 is 1. The van der Waals surface area contributed by atoms with Gasteiger partial charge >= 0.3 is 0 Å². The molecule has 0 saturated carbocycles. The Morgan fingerprint density at radius 2 is 2.31 bits per heavy atom. The molecule has 1 aliphatic heterocycles. The van der Waals surface area contributed by atoms with Crippen LogP contribution in [0.3, 0.4) is 0 Å². The molecular formula is C13H27NO2. The lowest BCUT2D eigenvalue weighted by Crippen LogP contribution is -2.40. The number of nitrogens with one attached hydrogen (secondary N) is 1. The third-order valence-corrected chi connectivity index (χ3v) is 3.76. The largest absolute Gasteiger partial charge is 0.385 e. The molecule has 0 aromatic heterocycles. The lowest BCUT2D eigenvalue weighted by molar-refractivity contribution is 0.0527. The maximum absolute atomic E-state index is 5.75. The first-order valence-electron chi connectivity index (χ1n) is 6.56. The van der Waals surface area contributed by atoms with Crippen molar-refractivity contribution in [2.24, 2.45) is 5.41 Å². The van der Waals surface area contributed by atoms with Crippen LogP contribution in [0.4, 0.5) is 0 Å². The molecule has 1 heterocycles. The fourth-order valence-electron chi connectivity index (χ4n) is 2.55. The molecule has 0 aromatic carbocycles. The average Bonchev–Trinajstić information content (AvgIpc) is 2.62. The molecule has 2 atom stereocenters. The van der Waals surface area contributed by atoms with Gasteiger partial charge in [0, 0.05) is 32.3 Å². The summed E-state index contributed by atoms with van der Waals surface area (Å²) in [6.45, 7) is 8.40. The summed E-state index contributed by atoms with van der Waals surface area (Å²) in [6, 6.07) is 0. The summed E-state index contributed by atoms with van der Waals surface area (Å²) in [5.74, 6) is 0. The minimum atomic E-state index is 0.341.